The van der Waals surface area contributed by atoms with Gasteiger partial charge in [0.2, 0.25) is 0 Å². The van der Waals surface area contributed by atoms with Gasteiger partial charge < -0.3 is 14.4 Å². The molecule has 4 nitrogen and oxygen atoms in total. The van der Waals surface area contributed by atoms with Crippen molar-refractivity contribution in [1.29, 1.82) is 0 Å². The maximum absolute atomic E-state index is 11.3. The van der Waals surface area contributed by atoms with E-state index in [1.807, 2.05) is 25.1 Å². The van der Waals surface area contributed by atoms with Gasteiger partial charge in [0.1, 0.15) is 5.75 Å². The zero-order valence-corrected chi connectivity index (χ0v) is 15.7. The third kappa shape index (κ3) is 3.26. The molecular weight excluding hydrogens is 413 g/mol. The lowest BCUT2D eigenvalue weighted by Crippen LogP contribution is -2.05. The number of fused-ring (bicyclic) bond motifs is 1. The Morgan fingerprint density at radius 2 is 1.92 bits per heavy atom. The summed E-state index contributed by atoms with van der Waals surface area (Å²) in [4.78, 5) is 11.3. The fraction of sp³-hybridized carbons (Fsp3) is 0.211. The van der Waals surface area contributed by atoms with Crippen molar-refractivity contribution in [1.82, 2.24) is 4.57 Å². The van der Waals surface area contributed by atoms with Gasteiger partial charge in [-0.2, -0.15) is 0 Å². The number of halogens is 1. The zero-order valence-electron chi connectivity index (χ0n) is 13.5. The molecule has 0 unspecified atom stereocenters. The number of methoxy groups -OCH3 is 1. The summed E-state index contributed by atoms with van der Waals surface area (Å²) in [5, 5.41) is 10.2. The molecule has 0 fully saturated rings. The van der Waals surface area contributed by atoms with E-state index in [-0.39, 0.29) is 6.42 Å². The quantitative estimate of drug-likeness (QED) is 0.615. The summed E-state index contributed by atoms with van der Waals surface area (Å²) in [7, 11) is 1.62. The summed E-state index contributed by atoms with van der Waals surface area (Å²) >= 11 is 2.29. The lowest BCUT2D eigenvalue weighted by Gasteiger charge is -2.09. The molecule has 0 saturated carbocycles. The van der Waals surface area contributed by atoms with Crippen molar-refractivity contribution in [2.45, 2.75) is 19.9 Å². The Morgan fingerprint density at radius 1 is 1.21 bits per heavy atom. The number of rotatable bonds is 5. The average molecular weight is 431 g/mol. The van der Waals surface area contributed by atoms with Gasteiger partial charge in [0.15, 0.2) is 0 Å². The minimum atomic E-state index is -0.825. The molecule has 0 aliphatic rings. The van der Waals surface area contributed by atoms with Gasteiger partial charge in [0.25, 0.3) is 0 Å². The summed E-state index contributed by atoms with van der Waals surface area (Å²) in [6, 6.07) is 14.2. The van der Waals surface area contributed by atoms with Crippen LogP contribution in [0.15, 0.2) is 42.5 Å². The van der Waals surface area contributed by atoms with E-state index in [1.165, 1.54) is 9.13 Å². The van der Waals surface area contributed by atoms with Crippen molar-refractivity contribution in [3.8, 4) is 5.75 Å². The minimum Gasteiger partial charge on any atom is -0.497 e. The van der Waals surface area contributed by atoms with Gasteiger partial charge in [-0.3, -0.25) is 4.79 Å². The molecule has 24 heavy (non-hydrogen) atoms. The second-order valence-corrected chi connectivity index (χ2v) is 6.98. The molecule has 0 atom stereocenters. The highest BCUT2D eigenvalue weighted by Gasteiger charge is 2.17. The highest BCUT2D eigenvalue weighted by atomic mass is 123. The van der Waals surface area contributed by atoms with E-state index in [4.69, 9.17) is 4.74 Å². The van der Waals surface area contributed by atoms with E-state index >= 15 is 0 Å². The number of carbonyl (C=O) groups is 1. The van der Waals surface area contributed by atoms with Gasteiger partial charge in [-0.05, 0) is 71.0 Å². The van der Waals surface area contributed by atoms with Crippen LogP contribution in [0.25, 0.3) is 10.9 Å². The Kier molecular flexibility index (Phi) is 4.80. The van der Waals surface area contributed by atoms with Gasteiger partial charge in [-0.25, -0.2) is 0 Å². The Balaban J connectivity index is 2.14. The van der Waals surface area contributed by atoms with Crippen molar-refractivity contribution in [3.05, 3.63) is 62.9 Å². The number of aromatic nitrogens is 1. The lowest BCUT2D eigenvalue weighted by atomic mass is 10.1. The van der Waals surface area contributed by atoms with E-state index in [0.29, 0.717) is 6.54 Å². The first kappa shape index (κ1) is 16.8. The summed E-state index contributed by atoms with van der Waals surface area (Å²) in [6.07, 6.45) is 0.00912. The van der Waals surface area contributed by atoms with Crippen LogP contribution >= 0.6 is 22.6 Å². The summed E-state index contributed by atoms with van der Waals surface area (Å²) in [6.45, 7) is 2.70. The Morgan fingerprint density at radius 3 is 2.54 bits per heavy atom. The molecule has 0 saturated heterocycles. The number of aliphatic carboxylic acids is 1. The van der Waals surface area contributed by atoms with E-state index in [9.17, 15) is 9.90 Å². The average Bonchev–Trinajstić information content (AvgIpc) is 2.81. The number of carboxylic acids is 1. The molecule has 1 N–H and O–H groups in total. The third-order valence-electron chi connectivity index (χ3n) is 4.24. The van der Waals surface area contributed by atoms with Crippen molar-refractivity contribution in [2.24, 2.45) is 0 Å². The smallest absolute Gasteiger partial charge is 0.307 e. The predicted octanol–water partition coefficient (Wildman–Crippen LogP) is 4.24. The number of nitrogens with zero attached hydrogens (tertiary/aromatic N) is 1. The lowest BCUT2D eigenvalue weighted by molar-refractivity contribution is -0.136. The maximum atomic E-state index is 11.3. The van der Waals surface area contributed by atoms with Gasteiger partial charge in [-0.15, -0.1) is 0 Å². The van der Waals surface area contributed by atoms with Crippen LogP contribution in [0.5, 0.6) is 5.75 Å². The second kappa shape index (κ2) is 6.84. The van der Waals surface area contributed by atoms with Crippen LogP contribution in [-0.2, 0) is 17.8 Å². The monoisotopic (exact) mass is 431 g/mol. The van der Waals surface area contributed by atoms with E-state index < -0.39 is 5.97 Å². The molecule has 0 radical (unpaired) electrons. The Labute approximate surface area is 154 Å². The van der Waals surface area contributed by atoms with Crippen molar-refractivity contribution in [2.75, 3.05) is 7.11 Å². The molecule has 0 amide bonds. The minimum absolute atomic E-state index is 0.00912. The molecule has 0 aliphatic heterocycles. The van der Waals surface area contributed by atoms with Crippen LogP contribution in [0.1, 0.15) is 16.8 Å². The molecule has 3 rings (SSSR count). The number of hydrogen-bond donors (Lipinski definition) is 1. The zero-order chi connectivity index (χ0) is 17.3. The van der Waals surface area contributed by atoms with E-state index in [1.54, 1.807) is 7.11 Å². The molecule has 124 valence electrons. The molecule has 1 aromatic heterocycles. The van der Waals surface area contributed by atoms with Crippen LogP contribution in [0, 0.1) is 10.5 Å². The maximum Gasteiger partial charge on any atom is 0.307 e. The first-order valence-electron chi connectivity index (χ1n) is 7.61. The van der Waals surface area contributed by atoms with Crippen LogP contribution in [-0.4, -0.2) is 22.8 Å². The molecule has 0 aliphatic carbocycles. The van der Waals surface area contributed by atoms with Crippen molar-refractivity contribution >= 4 is 39.5 Å². The van der Waals surface area contributed by atoms with E-state index in [0.717, 1.165) is 27.9 Å². The predicted molar refractivity (Wildman–Crippen MR) is 103 cm³/mol. The standard InChI is InChI=1S/C19H18INO3/c1-12-16(10-19(22)23)17-9-15(24-2)7-8-18(17)21(12)11-13-3-5-14(20)6-4-13/h3-9H,10-11H2,1-2H3,(H,22,23)/i20-4. The molecule has 0 spiro atoms. The normalized spacial score (nSPS) is 11.0. The van der Waals surface area contributed by atoms with Gasteiger partial charge in [-0.1, -0.05) is 12.1 Å². The number of ether oxygens (including phenoxy) is 1. The topological polar surface area (TPSA) is 51.5 Å². The molecule has 0 bridgehead atoms. The highest BCUT2D eigenvalue weighted by molar-refractivity contribution is 14.1. The van der Waals surface area contributed by atoms with Crippen LogP contribution in [0.2, 0.25) is 0 Å². The molecule has 2 aromatic carbocycles. The third-order valence-corrected chi connectivity index (χ3v) is 4.96. The van der Waals surface area contributed by atoms with Gasteiger partial charge >= 0.3 is 5.97 Å². The van der Waals surface area contributed by atoms with Crippen molar-refractivity contribution in [3.63, 3.8) is 0 Å². The Hall–Kier alpha value is -2.02. The Bertz CT molecular complexity index is 897. The van der Waals surface area contributed by atoms with Crippen LogP contribution in [0.4, 0.5) is 0 Å². The van der Waals surface area contributed by atoms with E-state index in [2.05, 4.69) is 51.4 Å². The number of benzene rings is 2. The fourth-order valence-electron chi connectivity index (χ4n) is 3.01. The molecular formula is C19H18INO3. The molecule has 3 aromatic rings. The molecule has 5 heteroatoms. The first-order valence-corrected chi connectivity index (χ1v) is 8.69. The van der Waals surface area contributed by atoms with Gasteiger partial charge in [0, 0.05) is 26.7 Å². The number of carboxylic acid groups (broad SMARTS) is 1. The summed E-state index contributed by atoms with van der Waals surface area (Å²) < 4.78 is 8.68. The fourth-order valence-corrected chi connectivity index (χ4v) is 3.37. The largest absolute Gasteiger partial charge is 0.497 e. The molecule has 1 heterocycles. The SMILES string of the molecule is COc1ccc2c(c1)c(CC(=O)O)c(C)n2Cc1ccc([123I])cc1. The number of hydrogen-bond acceptors (Lipinski definition) is 2. The first-order chi connectivity index (χ1) is 11.5. The van der Waals surface area contributed by atoms with Crippen LogP contribution in [0.3, 0.4) is 0 Å². The van der Waals surface area contributed by atoms with Gasteiger partial charge in [0.05, 0.1) is 13.5 Å². The summed E-state index contributed by atoms with van der Waals surface area (Å²) in [5.41, 5.74) is 4.05. The highest BCUT2D eigenvalue weighted by Crippen LogP contribution is 2.30. The second-order valence-electron chi connectivity index (χ2n) is 5.73. The van der Waals surface area contributed by atoms with Crippen molar-refractivity contribution < 1.29 is 14.6 Å². The van der Waals surface area contributed by atoms with Crippen LogP contribution < -0.4 is 4.74 Å². The summed E-state index contributed by atoms with van der Waals surface area (Å²) in [5.74, 6) is -0.0882.